The van der Waals surface area contributed by atoms with Gasteiger partial charge in [-0.25, -0.2) is 0 Å². The lowest BCUT2D eigenvalue weighted by Gasteiger charge is -2.35. The SMILES string of the molecule is CC.CC1(C)CCC(=O)CC1C[N+](=O)[O-]. The Bertz CT molecular complexity index is 234. The van der Waals surface area contributed by atoms with E-state index in [-0.39, 0.29) is 28.6 Å². The van der Waals surface area contributed by atoms with E-state index >= 15 is 0 Å². The first kappa shape index (κ1) is 14.1. The van der Waals surface area contributed by atoms with Crippen LogP contribution in [0.25, 0.3) is 0 Å². The summed E-state index contributed by atoms with van der Waals surface area (Å²) >= 11 is 0. The summed E-state index contributed by atoms with van der Waals surface area (Å²) in [5.41, 5.74) is -0.0546. The maximum absolute atomic E-state index is 11.1. The summed E-state index contributed by atoms with van der Waals surface area (Å²) in [6, 6.07) is 0. The van der Waals surface area contributed by atoms with Crippen molar-refractivity contribution in [3.63, 3.8) is 0 Å². The Balaban J connectivity index is 0.000000921. The van der Waals surface area contributed by atoms with Crippen LogP contribution in [0.4, 0.5) is 0 Å². The summed E-state index contributed by atoms with van der Waals surface area (Å²) < 4.78 is 0. The molecule has 4 heteroatoms. The van der Waals surface area contributed by atoms with Crippen molar-refractivity contribution in [1.29, 1.82) is 0 Å². The Labute approximate surface area is 91.2 Å². The first-order valence-corrected chi connectivity index (χ1v) is 5.55. The fourth-order valence-corrected chi connectivity index (χ4v) is 1.81. The van der Waals surface area contributed by atoms with Crippen LogP contribution >= 0.6 is 0 Å². The number of Topliss-reactive ketones (excluding diaryl/α,β-unsaturated/α-hetero) is 1. The Kier molecular flexibility index (Phi) is 5.47. The second-order valence-corrected chi connectivity index (χ2v) is 4.44. The van der Waals surface area contributed by atoms with Crippen molar-refractivity contribution in [2.24, 2.45) is 11.3 Å². The lowest BCUT2D eigenvalue weighted by Crippen LogP contribution is -2.36. The Morgan fingerprint density at radius 3 is 2.47 bits per heavy atom. The second-order valence-electron chi connectivity index (χ2n) is 4.44. The Morgan fingerprint density at radius 1 is 1.47 bits per heavy atom. The minimum atomic E-state index is -0.314. The number of carbonyl (C=O) groups is 1. The maximum Gasteiger partial charge on any atom is 0.207 e. The Hall–Kier alpha value is -0.930. The topological polar surface area (TPSA) is 60.2 Å². The third-order valence-corrected chi connectivity index (χ3v) is 3.00. The first-order chi connectivity index (χ1) is 6.92. The minimum absolute atomic E-state index is 0.0546. The number of hydrogen-bond acceptors (Lipinski definition) is 3. The van der Waals surface area contributed by atoms with Gasteiger partial charge in [0.05, 0.1) is 0 Å². The van der Waals surface area contributed by atoms with Gasteiger partial charge in [-0.2, -0.15) is 0 Å². The average Bonchev–Trinajstić information content (AvgIpc) is 2.15. The fourth-order valence-electron chi connectivity index (χ4n) is 1.81. The molecule has 0 spiro atoms. The highest BCUT2D eigenvalue weighted by Crippen LogP contribution is 2.38. The molecule has 1 rings (SSSR count). The van der Waals surface area contributed by atoms with Crippen LogP contribution < -0.4 is 0 Å². The van der Waals surface area contributed by atoms with E-state index in [9.17, 15) is 14.9 Å². The fraction of sp³-hybridized carbons (Fsp3) is 0.909. The van der Waals surface area contributed by atoms with Gasteiger partial charge in [0.2, 0.25) is 6.54 Å². The smallest absolute Gasteiger partial charge is 0.207 e. The van der Waals surface area contributed by atoms with Crippen LogP contribution in [-0.2, 0) is 4.79 Å². The van der Waals surface area contributed by atoms with Crippen LogP contribution in [-0.4, -0.2) is 17.3 Å². The van der Waals surface area contributed by atoms with Gasteiger partial charge in [-0.15, -0.1) is 0 Å². The predicted octanol–water partition coefficient (Wildman–Crippen LogP) is 2.68. The van der Waals surface area contributed by atoms with Gasteiger partial charge in [-0.1, -0.05) is 27.7 Å². The van der Waals surface area contributed by atoms with Crippen molar-refractivity contribution in [1.82, 2.24) is 0 Å². The molecule has 88 valence electrons. The molecule has 0 bridgehead atoms. The lowest BCUT2D eigenvalue weighted by atomic mass is 9.68. The van der Waals surface area contributed by atoms with Crippen molar-refractivity contribution in [3.8, 4) is 0 Å². The van der Waals surface area contributed by atoms with E-state index in [2.05, 4.69) is 0 Å². The lowest BCUT2D eigenvalue weighted by molar-refractivity contribution is -0.492. The monoisotopic (exact) mass is 215 g/mol. The molecule has 0 aliphatic heterocycles. The van der Waals surface area contributed by atoms with E-state index in [1.165, 1.54) is 0 Å². The van der Waals surface area contributed by atoms with Crippen LogP contribution in [0, 0.1) is 21.4 Å². The highest BCUT2D eigenvalue weighted by Gasteiger charge is 2.38. The van der Waals surface area contributed by atoms with Crippen LogP contribution in [0.5, 0.6) is 0 Å². The van der Waals surface area contributed by atoms with Gasteiger partial charge in [0, 0.05) is 23.7 Å². The van der Waals surface area contributed by atoms with Gasteiger partial charge in [-0.05, 0) is 11.8 Å². The molecule has 1 atom stereocenters. The van der Waals surface area contributed by atoms with E-state index in [0.29, 0.717) is 12.8 Å². The van der Waals surface area contributed by atoms with Crippen LogP contribution in [0.2, 0.25) is 0 Å². The zero-order valence-electron chi connectivity index (χ0n) is 10.1. The average molecular weight is 215 g/mol. The molecule has 0 heterocycles. The highest BCUT2D eigenvalue weighted by atomic mass is 16.6. The van der Waals surface area contributed by atoms with Crippen LogP contribution in [0.1, 0.15) is 47.0 Å². The molecular formula is C11H21NO3. The van der Waals surface area contributed by atoms with Gasteiger partial charge in [0.15, 0.2) is 0 Å². The third kappa shape index (κ3) is 4.40. The molecule has 1 aliphatic rings. The van der Waals surface area contributed by atoms with Crippen molar-refractivity contribution in [2.45, 2.75) is 47.0 Å². The van der Waals surface area contributed by atoms with E-state index in [1.54, 1.807) is 0 Å². The van der Waals surface area contributed by atoms with Crippen molar-refractivity contribution in [2.75, 3.05) is 6.54 Å². The largest absolute Gasteiger partial charge is 0.300 e. The molecule has 0 aromatic carbocycles. The molecule has 0 N–H and O–H groups in total. The van der Waals surface area contributed by atoms with Gasteiger partial charge in [-0.3, -0.25) is 14.9 Å². The van der Waals surface area contributed by atoms with E-state index in [0.717, 1.165) is 6.42 Å². The number of rotatable bonds is 2. The number of ketones is 1. The predicted molar refractivity (Wildman–Crippen MR) is 59.3 cm³/mol. The number of carbonyl (C=O) groups excluding carboxylic acids is 1. The number of nitro groups is 1. The van der Waals surface area contributed by atoms with Crippen molar-refractivity contribution < 1.29 is 9.72 Å². The zero-order chi connectivity index (χ0) is 12.1. The molecule has 1 unspecified atom stereocenters. The van der Waals surface area contributed by atoms with Gasteiger partial charge >= 0.3 is 0 Å². The summed E-state index contributed by atoms with van der Waals surface area (Å²) in [6.45, 7) is 7.94. The van der Waals surface area contributed by atoms with E-state index in [4.69, 9.17) is 0 Å². The first-order valence-electron chi connectivity index (χ1n) is 5.55. The van der Waals surface area contributed by atoms with Gasteiger partial charge < -0.3 is 0 Å². The third-order valence-electron chi connectivity index (χ3n) is 3.00. The molecule has 0 radical (unpaired) electrons. The maximum atomic E-state index is 11.1. The summed E-state index contributed by atoms with van der Waals surface area (Å²) in [4.78, 5) is 21.2. The molecule has 0 saturated heterocycles. The molecule has 1 saturated carbocycles. The minimum Gasteiger partial charge on any atom is -0.300 e. The normalized spacial score (nSPS) is 24.0. The van der Waals surface area contributed by atoms with Gasteiger partial charge in [0.1, 0.15) is 5.78 Å². The Morgan fingerprint density at radius 2 is 2.00 bits per heavy atom. The molecule has 1 aliphatic carbocycles. The van der Waals surface area contributed by atoms with Crippen LogP contribution in [0.15, 0.2) is 0 Å². The van der Waals surface area contributed by atoms with Crippen LogP contribution in [0.3, 0.4) is 0 Å². The summed E-state index contributed by atoms with van der Waals surface area (Å²) in [6.07, 6.45) is 1.75. The summed E-state index contributed by atoms with van der Waals surface area (Å²) in [7, 11) is 0. The molecule has 4 nitrogen and oxygen atoms in total. The molecule has 0 aromatic rings. The zero-order valence-corrected chi connectivity index (χ0v) is 10.1. The quantitative estimate of drug-likeness (QED) is 0.525. The van der Waals surface area contributed by atoms with E-state index in [1.807, 2.05) is 27.7 Å². The molecule has 15 heavy (non-hydrogen) atoms. The molecule has 0 amide bonds. The summed E-state index contributed by atoms with van der Waals surface area (Å²) in [5.74, 6) is 0.0925. The highest BCUT2D eigenvalue weighted by molar-refractivity contribution is 5.79. The van der Waals surface area contributed by atoms with Crippen molar-refractivity contribution in [3.05, 3.63) is 10.1 Å². The standard InChI is InChI=1S/C9H15NO3.C2H6/c1-9(2)4-3-8(11)5-7(9)6-10(12)13;1-2/h7H,3-6H2,1-2H3;1-2H3. The molecule has 1 fully saturated rings. The number of hydrogen-bond donors (Lipinski definition) is 0. The second kappa shape index (κ2) is 5.83. The van der Waals surface area contributed by atoms with Crippen molar-refractivity contribution >= 4 is 5.78 Å². The molecule has 0 aromatic heterocycles. The number of nitrogens with zero attached hydrogens (tertiary/aromatic N) is 1. The van der Waals surface area contributed by atoms with E-state index < -0.39 is 0 Å². The molecular weight excluding hydrogens is 194 g/mol. The summed E-state index contributed by atoms with van der Waals surface area (Å²) in [5, 5.41) is 10.4. The van der Waals surface area contributed by atoms with Gasteiger partial charge in [0.25, 0.3) is 0 Å².